The summed E-state index contributed by atoms with van der Waals surface area (Å²) in [6.07, 6.45) is 1.58. The largest absolute Gasteiger partial charge is 0.468 e. The Balaban J connectivity index is 1.67. The van der Waals surface area contributed by atoms with Crippen molar-refractivity contribution in [1.29, 1.82) is 0 Å². The van der Waals surface area contributed by atoms with E-state index in [9.17, 15) is 9.59 Å². The first-order chi connectivity index (χ1) is 11.5. The Morgan fingerprint density at radius 2 is 2.25 bits per heavy atom. The van der Waals surface area contributed by atoms with Crippen molar-refractivity contribution in [1.82, 2.24) is 24.9 Å². The zero-order valence-electron chi connectivity index (χ0n) is 13.3. The van der Waals surface area contributed by atoms with Crippen LogP contribution in [0.2, 0.25) is 0 Å². The highest BCUT2D eigenvalue weighted by Gasteiger charge is 2.14. The smallest absolute Gasteiger partial charge is 0.272 e. The molecular weight excluding hydrogens is 310 g/mol. The number of nitrogens with zero attached hydrogens (tertiary/aromatic N) is 3. The monoisotopic (exact) mass is 327 g/mol. The molecule has 1 unspecified atom stereocenters. The number of nitrogens with one attached hydrogen (secondary N) is 2. The Kier molecular flexibility index (Phi) is 4.28. The van der Waals surface area contributed by atoms with Crippen LogP contribution in [0.4, 0.5) is 0 Å². The minimum atomic E-state index is -0.419. The van der Waals surface area contributed by atoms with Gasteiger partial charge in [-0.1, -0.05) is 6.07 Å². The van der Waals surface area contributed by atoms with Gasteiger partial charge in [0.05, 0.1) is 11.7 Å². The van der Waals surface area contributed by atoms with Crippen molar-refractivity contribution < 1.29 is 9.53 Å². The summed E-state index contributed by atoms with van der Waals surface area (Å²) in [5.41, 5.74) is 1.61. The molecule has 0 aromatic carbocycles. The predicted octanol–water partition coefficient (Wildman–Crippen LogP) is 0.982. The first-order valence-corrected chi connectivity index (χ1v) is 7.45. The van der Waals surface area contributed by atoms with Gasteiger partial charge in [-0.05, 0) is 19.9 Å². The maximum Gasteiger partial charge on any atom is 0.272 e. The second-order valence-electron chi connectivity index (χ2n) is 5.40. The fourth-order valence-corrected chi connectivity index (χ4v) is 2.28. The van der Waals surface area contributed by atoms with Crippen LogP contribution >= 0.6 is 0 Å². The van der Waals surface area contributed by atoms with Crippen LogP contribution in [0.25, 0.3) is 5.65 Å². The third kappa shape index (κ3) is 3.43. The van der Waals surface area contributed by atoms with Gasteiger partial charge < -0.3 is 10.1 Å². The molecule has 3 heterocycles. The average Bonchev–Trinajstić information content (AvgIpc) is 2.95. The van der Waals surface area contributed by atoms with Gasteiger partial charge in [0, 0.05) is 30.1 Å². The maximum atomic E-state index is 12.1. The van der Waals surface area contributed by atoms with Crippen LogP contribution in [0.5, 0.6) is 5.88 Å². The Bertz CT molecular complexity index is 916. The molecule has 1 amide bonds. The Morgan fingerprint density at radius 1 is 1.42 bits per heavy atom. The zero-order valence-corrected chi connectivity index (χ0v) is 13.3. The number of fused-ring (bicyclic) bond motifs is 1. The summed E-state index contributed by atoms with van der Waals surface area (Å²) >= 11 is 0. The normalized spacial score (nSPS) is 12.1. The lowest BCUT2D eigenvalue weighted by Gasteiger charge is -2.13. The number of rotatable bonds is 5. The van der Waals surface area contributed by atoms with Crippen LogP contribution in [0.15, 0.2) is 41.3 Å². The third-order valence-corrected chi connectivity index (χ3v) is 3.41. The van der Waals surface area contributed by atoms with Gasteiger partial charge in [0.15, 0.2) is 12.3 Å². The molecule has 8 heteroatoms. The van der Waals surface area contributed by atoms with Crippen molar-refractivity contribution in [2.75, 3.05) is 6.61 Å². The van der Waals surface area contributed by atoms with Gasteiger partial charge in [0.1, 0.15) is 0 Å². The van der Waals surface area contributed by atoms with Gasteiger partial charge in [-0.2, -0.15) is 0 Å². The van der Waals surface area contributed by atoms with E-state index in [2.05, 4.69) is 20.4 Å². The Labute approximate surface area is 137 Å². The molecule has 8 nitrogen and oxygen atoms in total. The summed E-state index contributed by atoms with van der Waals surface area (Å²) in [5, 5.41) is 5.65. The molecule has 0 aliphatic rings. The molecule has 3 rings (SSSR count). The Hall–Kier alpha value is -3.16. The molecule has 0 fully saturated rings. The number of pyridine rings is 1. The van der Waals surface area contributed by atoms with Crippen LogP contribution in [0.1, 0.15) is 24.4 Å². The molecule has 0 saturated heterocycles. The molecule has 124 valence electrons. The highest BCUT2D eigenvalue weighted by Crippen LogP contribution is 2.10. The fraction of sp³-hybridized carbons (Fsp3) is 0.250. The predicted molar refractivity (Wildman–Crippen MR) is 86.8 cm³/mol. The molecule has 0 spiro atoms. The Morgan fingerprint density at radius 3 is 3.00 bits per heavy atom. The standard InChI is InChI=1S/C16H17N5O3/c1-10-7-13-19-12(8-16(23)21(13)20-10)11(2)18-14(22)9-24-15-5-3-4-6-17-15/h3-8,11,20H,9H2,1-2H3,(H,18,22). The number of carbonyl (C=O) groups is 1. The van der Waals surface area contributed by atoms with E-state index in [0.717, 1.165) is 5.69 Å². The van der Waals surface area contributed by atoms with Gasteiger partial charge in [0.25, 0.3) is 11.5 Å². The van der Waals surface area contributed by atoms with Crippen molar-refractivity contribution in [3.8, 4) is 5.88 Å². The van der Waals surface area contributed by atoms with Crippen molar-refractivity contribution >= 4 is 11.6 Å². The van der Waals surface area contributed by atoms with Crippen molar-refractivity contribution in [3.63, 3.8) is 0 Å². The third-order valence-electron chi connectivity index (χ3n) is 3.41. The summed E-state index contributed by atoms with van der Waals surface area (Å²) in [6.45, 7) is 3.44. The SMILES string of the molecule is Cc1cc2nc(C(C)NC(=O)COc3ccccn3)cc(=O)n2[nH]1. The zero-order chi connectivity index (χ0) is 17.1. The number of ether oxygens (including phenoxy) is 1. The summed E-state index contributed by atoms with van der Waals surface area (Å²) in [5.74, 6) is 0.0568. The van der Waals surface area contributed by atoms with Gasteiger partial charge >= 0.3 is 0 Å². The quantitative estimate of drug-likeness (QED) is 0.727. The lowest BCUT2D eigenvalue weighted by Crippen LogP contribution is -2.32. The van der Waals surface area contributed by atoms with Gasteiger partial charge in [-0.15, -0.1) is 0 Å². The molecule has 3 aromatic rings. The molecule has 1 atom stereocenters. The second kappa shape index (κ2) is 6.53. The number of amides is 1. The number of H-pyrrole nitrogens is 1. The van der Waals surface area contributed by atoms with E-state index < -0.39 is 6.04 Å². The van der Waals surface area contributed by atoms with Gasteiger partial charge in [-0.25, -0.2) is 14.5 Å². The molecule has 0 bridgehead atoms. The van der Waals surface area contributed by atoms with Crippen LogP contribution < -0.4 is 15.6 Å². The fourth-order valence-electron chi connectivity index (χ4n) is 2.28. The number of aromatic amines is 1. The second-order valence-corrected chi connectivity index (χ2v) is 5.40. The molecule has 24 heavy (non-hydrogen) atoms. The van der Waals surface area contributed by atoms with Crippen molar-refractivity contribution in [2.45, 2.75) is 19.9 Å². The number of aryl methyl sites for hydroxylation is 1. The van der Waals surface area contributed by atoms with E-state index in [0.29, 0.717) is 17.2 Å². The molecule has 0 aliphatic heterocycles. The first kappa shape index (κ1) is 15.7. The molecule has 0 radical (unpaired) electrons. The highest BCUT2D eigenvalue weighted by molar-refractivity contribution is 5.77. The van der Waals surface area contributed by atoms with E-state index in [1.165, 1.54) is 10.6 Å². The summed E-state index contributed by atoms with van der Waals surface area (Å²) in [4.78, 5) is 32.4. The van der Waals surface area contributed by atoms with E-state index in [1.807, 2.05) is 6.92 Å². The highest BCUT2D eigenvalue weighted by atomic mass is 16.5. The number of hydrogen-bond acceptors (Lipinski definition) is 5. The molecule has 2 N–H and O–H groups in total. The van der Waals surface area contributed by atoms with Gasteiger partial charge in [-0.3, -0.25) is 14.7 Å². The van der Waals surface area contributed by atoms with Crippen molar-refractivity contribution in [2.24, 2.45) is 0 Å². The molecule has 3 aromatic heterocycles. The average molecular weight is 327 g/mol. The van der Waals surface area contributed by atoms with Gasteiger partial charge in [0.2, 0.25) is 5.88 Å². The van der Waals surface area contributed by atoms with E-state index in [1.54, 1.807) is 37.4 Å². The number of hydrogen-bond donors (Lipinski definition) is 2. The topological polar surface area (TPSA) is 101 Å². The molecule has 0 aliphatic carbocycles. The van der Waals surface area contributed by atoms with Crippen LogP contribution in [-0.4, -0.2) is 32.1 Å². The van der Waals surface area contributed by atoms with Crippen LogP contribution in [0.3, 0.4) is 0 Å². The first-order valence-electron chi connectivity index (χ1n) is 7.45. The lowest BCUT2D eigenvalue weighted by molar-refractivity contribution is -0.123. The minimum absolute atomic E-state index is 0.161. The van der Waals surface area contributed by atoms with E-state index >= 15 is 0 Å². The van der Waals surface area contributed by atoms with Crippen molar-refractivity contribution in [3.05, 3.63) is 58.3 Å². The lowest BCUT2D eigenvalue weighted by atomic mass is 10.2. The number of carbonyl (C=O) groups excluding carboxylic acids is 1. The maximum absolute atomic E-state index is 12.1. The summed E-state index contributed by atoms with van der Waals surface area (Å²) in [7, 11) is 0. The molecule has 0 saturated carbocycles. The minimum Gasteiger partial charge on any atom is -0.468 e. The summed E-state index contributed by atoms with van der Waals surface area (Å²) in [6, 6.07) is 7.95. The van der Waals surface area contributed by atoms with Crippen LogP contribution in [-0.2, 0) is 4.79 Å². The summed E-state index contributed by atoms with van der Waals surface area (Å²) < 4.78 is 6.65. The van der Waals surface area contributed by atoms with E-state index in [-0.39, 0.29) is 18.1 Å². The molecular formula is C16H17N5O3. The van der Waals surface area contributed by atoms with Crippen LogP contribution in [0, 0.1) is 6.92 Å². The van der Waals surface area contributed by atoms with E-state index in [4.69, 9.17) is 4.74 Å². The number of aromatic nitrogens is 4.